The first-order valence-electron chi connectivity index (χ1n) is 29.9. The van der Waals surface area contributed by atoms with E-state index in [0.29, 0.717) is 0 Å². The second-order valence-corrected chi connectivity index (χ2v) is 27.7. The Balaban J connectivity index is 1.04. The van der Waals surface area contributed by atoms with Crippen LogP contribution in [0.1, 0.15) is 121 Å². The molecule has 0 unspecified atom stereocenters. The van der Waals surface area contributed by atoms with Gasteiger partial charge in [-0.05, 0) is 194 Å². The number of aryl methyl sites for hydroxylation is 3. The van der Waals surface area contributed by atoms with Crippen LogP contribution in [0.25, 0.3) is 38.6 Å². The number of benzene rings is 10. The lowest BCUT2D eigenvalue weighted by molar-refractivity contribution is 0.589. The Hall–Kier alpha value is -8.54. The van der Waals surface area contributed by atoms with Crippen LogP contribution in [0.15, 0.2) is 200 Å². The fraction of sp³-hybridized carbons (Fsp3) is 0.231. The summed E-state index contributed by atoms with van der Waals surface area (Å²) < 4.78 is 2.44. The van der Waals surface area contributed by atoms with Crippen LogP contribution in [0.4, 0.5) is 51.2 Å². The van der Waals surface area contributed by atoms with Gasteiger partial charge in [0.2, 0.25) is 0 Å². The number of para-hydroxylation sites is 2. The van der Waals surface area contributed by atoms with E-state index in [-0.39, 0.29) is 28.4 Å². The molecule has 0 N–H and O–H groups in total. The maximum Gasteiger partial charge on any atom is 0.252 e. The first-order chi connectivity index (χ1) is 39.6. The van der Waals surface area contributed by atoms with Crippen LogP contribution < -0.4 is 31.1 Å². The Bertz CT molecular complexity index is 4440. The number of rotatable bonds is 6. The summed E-state index contributed by atoms with van der Waals surface area (Å²) in [6, 6.07) is 77.1. The third-order valence-electron chi connectivity index (χ3n) is 18.6. The molecular formula is C78H75BN4. The van der Waals surface area contributed by atoms with E-state index in [1.807, 2.05) is 0 Å². The van der Waals surface area contributed by atoms with Crippen LogP contribution in [0.3, 0.4) is 0 Å². The smallest absolute Gasteiger partial charge is 0.252 e. The summed E-state index contributed by atoms with van der Waals surface area (Å²) in [5.74, 6) is 0. The molecule has 3 heterocycles. The number of hydrogen-bond acceptors (Lipinski definition) is 3. The molecule has 0 spiro atoms. The summed E-state index contributed by atoms with van der Waals surface area (Å²) in [5.41, 5.74) is 30.9. The highest BCUT2D eigenvalue weighted by molar-refractivity contribution is 7.00. The van der Waals surface area contributed by atoms with E-state index in [9.17, 15) is 0 Å². The molecule has 0 atom stereocenters. The maximum absolute atomic E-state index is 2.60. The minimum Gasteiger partial charge on any atom is -0.311 e. The lowest BCUT2D eigenvalue weighted by atomic mass is 9.33. The third kappa shape index (κ3) is 8.23. The van der Waals surface area contributed by atoms with Gasteiger partial charge >= 0.3 is 0 Å². The molecule has 0 radical (unpaired) electrons. The van der Waals surface area contributed by atoms with Crippen LogP contribution in [0.5, 0.6) is 0 Å². The Morgan fingerprint density at radius 1 is 0.398 bits per heavy atom. The molecule has 1 aliphatic carbocycles. The zero-order chi connectivity index (χ0) is 57.8. The van der Waals surface area contributed by atoms with Gasteiger partial charge in [-0.3, -0.25) is 0 Å². The van der Waals surface area contributed by atoms with E-state index < -0.39 is 0 Å². The van der Waals surface area contributed by atoms with Gasteiger partial charge < -0.3 is 19.3 Å². The summed E-state index contributed by atoms with van der Waals surface area (Å²) in [6.07, 6.45) is 0. The summed E-state index contributed by atoms with van der Waals surface area (Å²) in [5, 5.41) is 2.48. The van der Waals surface area contributed by atoms with Gasteiger partial charge in [0.15, 0.2) is 0 Å². The molecule has 5 heteroatoms. The number of nitrogens with zero attached hydrogens (tertiary/aromatic N) is 4. The standard InChI is InChI=1S/C78H75BN4/c1-48-40-71-73-72(41-48)83(56-33-36-60-59-24-18-20-26-63(59)78(13,14)64(60)45-56)68-39-30-52(76(7,8)9)44-66(68)79(73)65-38-35-58(47-70(65)82(71)55-31-28-51(29-32-55)75(4,5)6)80(74-49(2)42-53(43-50(74)3)77(10,11)12)57-34-37-62-61-25-19-21-27-67(61)81(69(62)46-57)54-22-16-15-17-23-54/h15-47H,1-14H3. The zero-order valence-electron chi connectivity index (χ0n) is 50.9. The summed E-state index contributed by atoms with van der Waals surface area (Å²) in [6.45, 7) is 32.6. The molecule has 83 heavy (non-hydrogen) atoms. The van der Waals surface area contributed by atoms with Gasteiger partial charge in [-0.15, -0.1) is 0 Å². The summed E-state index contributed by atoms with van der Waals surface area (Å²) in [7, 11) is 0. The minimum atomic E-state index is -0.149. The number of hydrogen-bond donors (Lipinski definition) is 0. The highest BCUT2D eigenvalue weighted by Crippen LogP contribution is 2.53. The van der Waals surface area contributed by atoms with E-state index in [1.165, 1.54) is 128 Å². The van der Waals surface area contributed by atoms with Crippen molar-refractivity contribution in [2.45, 2.75) is 119 Å². The van der Waals surface area contributed by atoms with Crippen LogP contribution in [-0.2, 0) is 21.7 Å². The van der Waals surface area contributed by atoms with Gasteiger partial charge in [-0.1, -0.05) is 191 Å². The SMILES string of the molecule is Cc1cc2c3c(c1)N(c1ccc(C(C)(C)C)cc1)c1cc(N(c4ccc5c6ccccc6n(-c6ccccc6)c5c4)c4c(C)cc(C(C)(C)C)cc4C)ccc1B3c1cc(C(C)(C)C)ccc1N2c1ccc2c(c1)C(C)(C)c1ccccc1-2. The van der Waals surface area contributed by atoms with E-state index in [0.717, 1.165) is 22.7 Å². The topological polar surface area (TPSA) is 14.7 Å². The van der Waals surface area contributed by atoms with Crippen molar-refractivity contribution in [3.63, 3.8) is 0 Å². The molecule has 0 bridgehead atoms. The number of aromatic nitrogens is 1. The Labute approximate surface area is 492 Å². The lowest BCUT2D eigenvalue weighted by Gasteiger charge is -2.45. The molecule has 11 aromatic rings. The molecule has 4 nitrogen and oxygen atoms in total. The average Bonchev–Trinajstić information content (AvgIpc) is 1.40. The first kappa shape index (κ1) is 52.5. The van der Waals surface area contributed by atoms with Gasteiger partial charge in [0.1, 0.15) is 0 Å². The number of anilines is 9. The van der Waals surface area contributed by atoms with Crippen molar-refractivity contribution < 1.29 is 0 Å². The van der Waals surface area contributed by atoms with Crippen LogP contribution >= 0.6 is 0 Å². The van der Waals surface area contributed by atoms with Crippen LogP contribution in [0.2, 0.25) is 0 Å². The van der Waals surface area contributed by atoms with E-state index in [1.54, 1.807) is 0 Å². The fourth-order valence-electron chi connectivity index (χ4n) is 14.3. The van der Waals surface area contributed by atoms with Crippen molar-refractivity contribution in [3.05, 3.63) is 245 Å². The van der Waals surface area contributed by atoms with Crippen molar-refractivity contribution in [2.24, 2.45) is 0 Å². The van der Waals surface area contributed by atoms with Gasteiger partial charge in [0, 0.05) is 67.4 Å². The molecule has 410 valence electrons. The van der Waals surface area contributed by atoms with E-state index in [4.69, 9.17) is 0 Å². The van der Waals surface area contributed by atoms with Crippen molar-refractivity contribution >= 4 is 96.1 Å². The van der Waals surface area contributed by atoms with E-state index in [2.05, 4.69) is 316 Å². The maximum atomic E-state index is 2.60. The van der Waals surface area contributed by atoms with Gasteiger partial charge in [-0.25, -0.2) is 0 Å². The molecule has 0 fully saturated rings. The fourth-order valence-corrected chi connectivity index (χ4v) is 14.3. The first-order valence-corrected chi connectivity index (χ1v) is 29.9. The van der Waals surface area contributed by atoms with Crippen molar-refractivity contribution in [1.29, 1.82) is 0 Å². The average molecular weight is 1080 g/mol. The van der Waals surface area contributed by atoms with E-state index >= 15 is 0 Å². The molecule has 0 saturated carbocycles. The largest absolute Gasteiger partial charge is 0.311 e. The van der Waals surface area contributed by atoms with Crippen molar-refractivity contribution in [2.75, 3.05) is 14.7 Å². The van der Waals surface area contributed by atoms with Gasteiger partial charge in [0.25, 0.3) is 6.71 Å². The lowest BCUT2D eigenvalue weighted by Crippen LogP contribution is -2.61. The molecule has 0 amide bonds. The molecule has 0 saturated heterocycles. The van der Waals surface area contributed by atoms with Crippen molar-refractivity contribution in [1.82, 2.24) is 4.57 Å². The normalized spacial score (nSPS) is 14.2. The molecule has 2 aliphatic heterocycles. The highest BCUT2D eigenvalue weighted by atomic mass is 15.2. The second-order valence-electron chi connectivity index (χ2n) is 27.7. The minimum absolute atomic E-state index is 0.00799. The molecular weight excluding hydrogens is 1000 g/mol. The Morgan fingerprint density at radius 2 is 0.976 bits per heavy atom. The molecule has 14 rings (SSSR count). The van der Waals surface area contributed by atoms with Gasteiger partial charge in [-0.2, -0.15) is 0 Å². The Morgan fingerprint density at radius 3 is 1.67 bits per heavy atom. The van der Waals surface area contributed by atoms with Gasteiger partial charge in [0.05, 0.1) is 16.7 Å². The third-order valence-corrected chi connectivity index (χ3v) is 18.6. The quantitative estimate of drug-likeness (QED) is 0.154. The molecule has 10 aromatic carbocycles. The zero-order valence-corrected chi connectivity index (χ0v) is 50.9. The highest BCUT2D eigenvalue weighted by Gasteiger charge is 2.45. The monoisotopic (exact) mass is 1080 g/mol. The summed E-state index contributed by atoms with van der Waals surface area (Å²) in [4.78, 5) is 7.76. The predicted molar refractivity (Wildman–Crippen MR) is 357 cm³/mol. The second kappa shape index (κ2) is 18.5. The van der Waals surface area contributed by atoms with Crippen LogP contribution in [0, 0.1) is 20.8 Å². The summed E-state index contributed by atoms with van der Waals surface area (Å²) >= 11 is 0. The number of fused-ring (bicyclic) bond motifs is 10. The Kier molecular flexibility index (Phi) is 11.7. The van der Waals surface area contributed by atoms with Crippen molar-refractivity contribution in [3.8, 4) is 16.8 Å². The molecule has 1 aromatic heterocycles. The predicted octanol–water partition coefficient (Wildman–Crippen LogP) is 19.5. The van der Waals surface area contributed by atoms with Crippen LogP contribution in [-0.4, -0.2) is 11.3 Å². The molecule has 3 aliphatic rings.